The van der Waals surface area contributed by atoms with Gasteiger partial charge < -0.3 is 15.0 Å². The van der Waals surface area contributed by atoms with Crippen LogP contribution in [0.2, 0.25) is 0 Å². The highest BCUT2D eigenvalue weighted by Crippen LogP contribution is 2.15. The summed E-state index contributed by atoms with van der Waals surface area (Å²) < 4.78 is 5.61. The molecule has 2 aromatic rings. The van der Waals surface area contributed by atoms with Gasteiger partial charge in [0.05, 0.1) is 0 Å². The van der Waals surface area contributed by atoms with E-state index in [1.807, 2.05) is 47.4 Å². The average Bonchev–Trinajstić information content (AvgIpc) is 2.73. The van der Waals surface area contributed by atoms with Crippen LogP contribution in [-0.4, -0.2) is 42.5 Å². The van der Waals surface area contributed by atoms with E-state index >= 15 is 0 Å². The summed E-state index contributed by atoms with van der Waals surface area (Å²) in [7, 11) is 0. The molecule has 0 aromatic heterocycles. The predicted molar refractivity (Wildman–Crippen MR) is 105 cm³/mol. The Morgan fingerprint density at radius 2 is 1.70 bits per heavy atom. The van der Waals surface area contributed by atoms with Crippen LogP contribution in [0.5, 0.6) is 5.75 Å². The van der Waals surface area contributed by atoms with E-state index < -0.39 is 0 Å². The Balaban J connectivity index is 1.41. The maximum Gasteiger partial charge on any atom is 0.260 e. The first-order valence-corrected chi connectivity index (χ1v) is 9.51. The Morgan fingerprint density at radius 3 is 2.33 bits per heavy atom. The zero-order chi connectivity index (χ0) is 19.1. The van der Waals surface area contributed by atoms with Gasteiger partial charge >= 0.3 is 0 Å². The van der Waals surface area contributed by atoms with Crippen molar-refractivity contribution >= 4 is 11.8 Å². The largest absolute Gasteiger partial charge is 0.484 e. The molecule has 5 nitrogen and oxygen atoms in total. The summed E-state index contributed by atoms with van der Waals surface area (Å²) >= 11 is 0. The zero-order valence-corrected chi connectivity index (χ0v) is 15.7. The van der Waals surface area contributed by atoms with E-state index in [-0.39, 0.29) is 24.5 Å². The van der Waals surface area contributed by atoms with Gasteiger partial charge in [-0.15, -0.1) is 0 Å². The van der Waals surface area contributed by atoms with Gasteiger partial charge in [0.25, 0.3) is 11.8 Å². The van der Waals surface area contributed by atoms with Crippen molar-refractivity contribution in [3.8, 4) is 5.75 Å². The van der Waals surface area contributed by atoms with Gasteiger partial charge in [-0.25, -0.2) is 0 Å². The number of ether oxygens (including phenoxy) is 1. The van der Waals surface area contributed by atoms with E-state index in [4.69, 9.17) is 4.74 Å². The van der Waals surface area contributed by atoms with E-state index in [0.717, 1.165) is 19.3 Å². The summed E-state index contributed by atoms with van der Waals surface area (Å²) in [4.78, 5) is 26.4. The number of carbonyl (C=O) groups excluding carboxylic acids is 2. The number of likely N-dealkylation sites (tertiary alicyclic amines) is 1. The highest BCUT2D eigenvalue weighted by Gasteiger charge is 2.24. The molecule has 27 heavy (non-hydrogen) atoms. The average molecular weight is 366 g/mol. The highest BCUT2D eigenvalue weighted by molar-refractivity contribution is 5.94. The summed E-state index contributed by atoms with van der Waals surface area (Å²) in [6.07, 6.45) is 2.50. The van der Waals surface area contributed by atoms with Crippen molar-refractivity contribution in [1.29, 1.82) is 0 Å². The van der Waals surface area contributed by atoms with Gasteiger partial charge in [-0.3, -0.25) is 9.59 Å². The summed E-state index contributed by atoms with van der Waals surface area (Å²) in [6, 6.07) is 17.1. The van der Waals surface area contributed by atoms with E-state index in [9.17, 15) is 9.59 Å². The summed E-state index contributed by atoms with van der Waals surface area (Å²) in [6.45, 7) is 3.42. The molecule has 0 atom stereocenters. The van der Waals surface area contributed by atoms with E-state index in [2.05, 4.69) is 12.2 Å². The molecule has 5 heteroatoms. The lowest BCUT2D eigenvalue weighted by atomic mass is 10.0. The Morgan fingerprint density at radius 1 is 1.04 bits per heavy atom. The molecule has 3 rings (SSSR count). The van der Waals surface area contributed by atoms with E-state index in [0.29, 0.717) is 24.4 Å². The lowest BCUT2D eigenvalue weighted by Gasteiger charge is -2.32. The van der Waals surface area contributed by atoms with Gasteiger partial charge in [0.2, 0.25) is 0 Å². The van der Waals surface area contributed by atoms with Crippen LogP contribution < -0.4 is 10.1 Å². The molecule has 1 aliphatic heterocycles. The standard InChI is InChI=1S/C22H26N2O3/c1-2-17-8-10-20(11-9-17)27-16-21(25)24-14-12-19(13-15-24)23-22(26)18-6-4-3-5-7-18/h3-11,19H,2,12-16H2,1H3,(H,23,26). The number of piperidine rings is 1. The lowest BCUT2D eigenvalue weighted by Crippen LogP contribution is -2.47. The third kappa shape index (κ3) is 5.33. The maximum absolute atomic E-state index is 12.4. The molecular formula is C22H26N2O3. The molecule has 0 unspecified atom stereocenters. The van der Waals surface area contributed by atoms with E-state index in [1.54, 1.807) is 12.1 Å². The fourth-order valence-electron chi connectivity index (χ4n) is 3.19. The van der Waals surface area contributed by atoms with Crippen LogP contribution in [0.1, 0.15) is 35.7 Å². The second kappa shape index (κ2) is 9.21. The molecule has 1 aliphatic rings. The fourth-order valence-corrected chi connectivity index (χ4v) is 3.19. The van der Waals surface area contributed by atoms with Crippen molar-refractivity contribution < 1.29 is 14.3 Å². The number of hydrogen-bond acceptors (Lipinski definition) is 3. The molecule has 1 heterocycles. The minimum Gasteiger partial charge on any atom is -0.484 e. The SMILES string of the molecule is CCc1ccc(OCC(=O)N2CCC(NC(=O)c3ccccc3)CC2)cc1. The topological polar surface area (TPSA) is 58.6 Å². The van der Waals surface area contributed by atoms with Crippen molar-refractivity contribution in [2.24, 2.45) is 0 Å². The highest BCUT2D eigenvalue weighted by atomic mass is 16.5. The van der Waals surface area contributed by atoms with Crippen molar-refractivity contribution in [2.45, 2.75) is 32.2 Å². The van der Waals surface area contributed by atoms with Crippen LogP contribution in [0.25, 0.3) is 0 Å². The number of nitrogens with one attached hydrogen (secondary N) is 1. The zero-order valence-electron chi connectivity index (χ0n) is 15.7. The Labute approximate surface area is 160 Å². The van der Waals surface area contributed by atoms with Gasteiger partial charge in [0.1, 0.15) is 5.75 Å². The summed E-state index contributed by atoms with van der Waals surface area (Å²) in [5, 5.41) is 3.06. The third-order valence-corrected chi connectivity index (χ3v) is 4.91. The lowest BCUT2D eigenvalue weighted by molar-refractivity contribution is -0.134. The van der Waals surface area contributed by atoms with E-state index in [1.165, 1.54) is 5.56 Å². The molecule has 2 amide bonds. The van der Waals surface area contributed by atoms with Crippen LogP contribution in [-0.2, 0) is 11.2 Å². The minimum atomic E-state index is -0.0563. The second-order valence-electron chi connectivity index (χ2n) is 6.78. The maximum atomic E-state index is 12.4. The summed E-state index contributed by atoms with van der Waals surface area (Å²) in [5.41, 5.74) is 1.91. The normalized spacial score (nSPS) is 14.6. The Kier molecular flexibility index (Phi) is 6.47. The quantitative estimate of drug-likeness (QED) is 0.855. The molecule has 0 saturated carbocycles. The molecule has 1 N–H and O–H groups in total. The van der Waals surface area contributed by atoms with Crippen molar-refractivity contribution in [3.05, 3.63) is 65.7 Å². The molecule has 0 spiro atoms. The number of amides is 2. The van der Waals surface area contributed by atoms with Gasteiger partial charge in [0, 0.05) is 24.7 Å². The molecular weight excluding hydrogens is 340 g/mol. The Bertz CT molecular complexity index is 751. The number of hydrogen-bond donors (Lipinski definition) is 1. The molecule has 142 valence electrons. The fraction of sp³-hybridized carbons (Fsp3) is 0.364. The number of carbonyl (C=O) groups is 2. The molecule has 0 radical (unpaired) electrons. The van der Waals surface area contributed by atoms with Gasteiger partial charge in [0.15, 0.2) is 6.61 Å². The van der Waals surface area contributed by atoms with Crippen LogP contribution >= 0.6 is 0 Å². The van der Waals surface area contributed by atoms with Crippen molar-refractivity contribution in [1.82, 2.24) is 10.2 Å². The van der Waals surface area contributed by atoms with Crippen LogP contribution in [0.3, 0.4) is 0 Å². The summed E-state index contributed by atoms with van der Waals surface area (Å²) in [5.74, 6) is 0.646. The monoisotopic (exact) mass is 366 g/mol. The first-order chi connectivity index (χ1) is 13.2. The first-order valence-electron chi connectivity index (χ1n) is 9.51. The molecule has 1 saturated heterocycles. The smallest absolute Gasteiger partial charge is 0.260 e. The minimum absolute atomic E-state index is 0.0117. The van der Waals surface area contributed by atoms with Crippen molar-refractivity contribution in [2.75, 3.05) is 19.7 Å². The molecule has 0 aliphatic carbocycles. The van der Waals surface area contributed by atoms with Crippen LogP contribution in [0.15, 0.2) is 54.6 Å². The number of rotatable bonds is 6. The van der Waals surface area contributed by atoms with Gasteiger partial charge in [-0.05, 0) is 49.1 Å². The van der Waals surface area contributed by atoms with Crippen LogP contribution in [0, 0.1) is 0 Å². The number of benzene rings is 2. The van der Waals surface area contributed by atoms with Crippen LogP contribution in [0.4, 0.5) is 0 Å². The number of nitrogens with zero attached hydrogens (tertiary/aromatic N) is 1. The third-order valence-electron chi connectivity index (χ3n) is 4.91. The first kappa shape index (κ1) is 19.0. The molecule has 1 fully saturated rings. The molecule has 2 aromatic carbocycles. The number of aryl methyl sites for hydroxylation is 1. The second-order valence-corrected chi connectivity index (χ2v) is 6.78. The predicted octanol–water partition coefficient (Wildman–Crippen LogP) is 3.05. The molecule has 0 bridgehead atoms. The van der Waals surface area contributed by atoms with Crippen molar-refractivity contribution in [3.63, 3.8) is 0 Å². The Hall–Kier alpha value is -2.82. The van der Waals surface area contributed by atoms with Gasteiger partial charge in [-0.1, -0.05) is 37.3 Å². The van der Waals surface area contributed by atoms with Gasteiger partial charge in [-0.2, -0.15) is 0 Å².